The Morgan fingerprint density at radius 2 is 1.06 bits per heavy atom. The number of aryl methyl sites for hydroxylation is 4. The van der Waals surface area contributed by atoms with E-state index in [-0.39, 0.29) is 92.1 Å². The van der Waals surface area contributed by atoms with Gasteiger partial charge >= 0.3 is 0 Å². The first kappa shape index (κ1) is 58.1. The molecule has 71 heavy (non-hydrogen) atoms. The van der Waals surface area contributed by atoms with Crippen molar-refractivity contribution in [3.63, 3.8) is 0 Å². The number of sulfonamides is 2. The van der Waals surface area contributed by atoms with Crippen molar-refractivity contribution in [3.05, 3.63) is 166 Å². The number of pyridine rings is 1. The normalized spacial score (nSPS) is 10.8. The van der Waals surface area contributed by atoms with Gasteiger partial charge in [0.1, 0.15) is 17.3 Å². The Balaban J connectivity index is 0.000000255. The van der Waals surface area contributed by atoms with Crippen LogP contribution in [0.3, 0.4) is 0 Å². The maximum absolute atomic E-state index is 14.4. The number of aromatic nitrogens is 7. The predicted molar refractivity (Wildman–Crippen MR) is 257 cm³/mol. The van der Waals surface area contributed by atoms with Gasteiger partial charge in [0, 0.05) is 99.6 Å². The van der Waals surface area contributed by atoms with Crippen molar-refractivity contribution < 1.29 is 101 Å². The number of nitrogens with one attached hydrogen (secondary N) is 3. The molecule has 4 aromatic carbocycles. The van der Waals surface area contributed by atoms with E-state index >= 15 is 0 Å². The molecule has 0 fully saturated rings. The first-order chi connectivity index (χ1) is 32.7. The molecule has 0 saturated heterocycles. The van der Waals surface area contributed by atoms with Crippen LogP contribution in [0.25, 0.3) is 0 Å². The van der Waals surface area contributed by atoms with E-state index < -0.39 is 31.7 Å². The number of rotatable bonds is 14. The number of hydrogen-bond acceptors (Lipinski definition) is 15. The fourth-order valence-electron chi connectivity index (χ4n) is 5.97. The maximum atomic E-state index is 14.4. The number of anilines is 7. The summed E-state index contributed by atoms with van der Waals surface area (Å²) >= 11 is 5.65. The molecule has 0 unspecified atom stereocenters. The molecule has 4 aromatic heterocycles. The molecule has 8 rings (SSSR count). The standard InChI is InChI=1S/C23H22FN6O3S.C15H12ClFN5O.C7H10N2O2S.2Y/c1-14-3-4-17(12-21(14)34(25,31)32)26-22-10-9-20(24)23(28-22)27-16-5-7-19(8-6-16)33-13-18-11-15(2)29-30-18;1-9-6-11(22-21-9)8-23-12-4-2-10(3-5-12)19-14-13(17)7-18-15(16)20-14;1-5-2-3-6(8)4-7(5)12(9,10)11;;/h3-12H,13H2,1-2H3,(H4-,25,26,27,28,29,30,31,32);2-7H,8H2,1H3,(H-,18,19,20,21,22);2-4H,8H2,1H3,(H2,9,10,11);;/q2*-1;;;. The number of benzene rings is 4. The average molecular weight is 1180 g/mol. The van der Waals surface area contributed by atoms with Crippen molar-refractivity contribution in [3.8, 4) is 11.5 Å². The molecule has 0 aliphatic carbocycles. The van der Waals surface area contributed by atoms with Gasteiger partial charge in [0.15, 0.2) is 23.3 Å². The summed E-state index contributed by atoms with van der Waals surface area (Å²) < 4.78 is 84.6. The summed E-state index contributed by atoms with van der Waals surface area (Å²) in [6.07, 6.45) is 1.01. The van der Waals surface area contributed by atoms with Gasteiger partial charge in [-0.3, -0.25) is 0 Å². The molecule has 26 heteroatoms. The summed E-state index contributed by atoms with van der Waals surface area (Å²) in [6, 6.07) is 29.7. The van der Waals surface area contributed by atoms with Crippen LogP contribution in [0.15, 0.2) is 125 Å². The summed E-state index contributed by atoms with van der Waals surface area (Å²) in [5.74, 6) is 0.489. The second-order valence-electron chi connectivity index (χ2n) is 14.9. The van der Waals surface area contributed by atoms with Gasteiger partial charge in [0.2, 0.25) is 25.3 Å². The molecule has 19 nitrogen and oxygen atoms in total. The fourth-order valence-corrected chi connectivity index (χ4v) is 7.73. The van der Waals surface area contributed by atoms with Crippen LogP contribution in [0.2, 0.25) is 5.28 Å². The Hall–Kier alpha value is -5.49. The molecular formula is C45H44ClF2N13O6S2Y2-2. The third-order valence-electron chi connectivity index (χ3n) is 9.28. The van der Waals surface area contributed by atoms with E-state index in [2.05, 4.69) is 51.3 Å². The molecule has 0 atom stereocenters. The summed E-state index contributed by atoms with van der Waals surface area (Å²) in [4.78, 5) is 11.7. The largest absolute Gasteiger partial charge is 0.576 e. The van der Waals surface area contributed by atoms with Crippen molar-refractivity contribution >= 4 is 71.9 Å². The average Bonchev–Trinajstić information content (AvgIpc) is 3.93. The number of halogens is 3. The Labute approximate surface area is 463 Å². The van der Waals surface area contributed by atoms with E-state index in [0.29, 0.717) is 64.4 Å². The van der Waals surface area contributed by atoms with Crippen LogP contribution >= 0.6 is 11.6 Å². The van der Waals surface area contributed by atoms with Crippen LogP contribution in [0, 0.1) is 39.3 Å². The van der Waals surface area contributed by atoms with Crippen LogP contribution in [0.4, 0.5) is 49.0 Å². The monoisotopic (exact) mass is 1180 g/mol. The summed E-state index contributed by atoms with van der Waals surface area (Å²) in [5.41, 5.74) is 11.8. The van der Waals surface area contributed by atoms with E-state index in [4.69, 9.17) is 37.1 Å². The molecule has 4 heterocycles. The fraction of sp³-hybridized carbons (Fsp3) is 0.133. The van der Waals surface area contributed by atoms with Crippen LogP contribution in [0.5, 0.6) is 11.5 Å². The summed E-state index contributed by atoms with van der Waals surface area (Å²) in [5, 5.41) is 34.7. The van der Waals surface area contributed by atoms with Crippen molar-refractivity contribution in [2.45, 2.75) is 50.7 Å². The Morgan fingerprint density at radius 1 is 0.592 bits per heavy atom. The van der Waals surface area contributed by atoms with E-state index in [9.17, 15) is 25.6 Å². The van der Waals surface area contributed by atoms with E-state index in [1.54, 1.807) is 86.6 Å². The SMILES string of the molecule is Cc1cc(COc2ccc(Nc3nc(Cl)ncc3F)cc2)[n-]n1.Cc1cc(COc2ccc(Nc3nc(Nc4ccc(C)c(S(N)(=O)=O)c4)ccc3F)cc2)[n-]n1.Cc1ccc(N)cc1S(N)(=O)=O.[Y].[Y]. The van der Waals surface area contributed by atoms with Gasteiger partial charge in [-0.1, -0.05) is 24.3 Å². The first-order valence-electron chi connectivity index (χ1n) is 20.2. The second kappa shape index (κ2) is 26.3. The number of nitrogens with zero attached hydrogens (tertiary/aromatic N) is 7. The molecular weight excluding hydrogens is 1130 g/mol. The summed E-state index contributed by atoms with van der Waals surface area (Å²) in [6.45, 7) is 7.67. The molecule has 0 aliphatic rings. The van der Waals surface area contributed by atoms with Crippen LogP contribution in [0.1, 0.15) is 33.9 Å². The third-order valence-corrected chi connectivity index (χ3v) is 11.6. The minimum Gasteiger partial charge on any atom is -0.576 e. The number of hydrogen-bond donors (Lipinski definition) is 6. The van der Waals surface area contributed by atoms with Crippen molar-refractivity contribution in [1.82, 2.24) is 35.3 Å². The summed E-state index contributed by atoms with van der Waals surface area (Å²) in [7, 11) is -7.51. The van der Waals surface area contributed by atoms with E-state index in [1.807, 2.05) is 26.0 Å². The van der Waals surface area contributed by atoms with Gasteiger partial charge in [-0.25, -0.2) is 45.9 Å². The number of nitrogens with two attached hydrogens (primary N) is 3. The van der Waals surface area contributed by atoms with Gasteiger partial charge in [0.05, 0.1) is 29.2 Å². The third kappa shape index (κ3) is 17.9. The number of primary sulfonamides is 2. The number of ether oxygens (including phenoxy) is 2. The smallest absolute Gasteiger partial charge is 0.238 e. The number of nitrogen functional groups attached to an aromatic ring is 1. The second-order valence-corrected chi connectivity index (χ2v) is 18.3. The quantitative estimate of drug-likeness (QED) is 0.0457. The van der Waals surface area contributed by atoms with E-state index in [1.165, 1.54) is 24.3 Å². The minimum absolute atomic E-state index is 0. The zero-order valence-electron chi connectivity index (χ0n) is 38.3. The molecule has 9 N–H and O–H groups in total. The molecule has 0 bridgehead atoms. The van der Waals surface area contributed by atoms with E-state index in [0.717, 1.165) is 29.0 Å². The molecule has 0 aliphatic heterocycles. The van der Waals surface area contributed by atoms with Crippen molar-refractivity contribution in [2.75, 3.05) is 21.7 Å². The molecule has 0 saturated carbocycles. The van der Waals surface area contributed by atoms with Gasteiger partial charge in [0.25, 0.3) is 0 Å². The minimum atomic E-state index is -3.88. The molecule has 8 aromatic rings. The maximum Gasteiger partial charge on any atom is 0.238 e. The van der Waals surface area contributed by atoms with Gasteiger partial charge in [-0.2, -0.15) is 4.98 Å². The Morgan fingerprint density at radius 3 is 1.52 bits per heavy atom. The molecule has 0 spiro atoms. The van der Waals surface area contributed by atoms with Gasteiger partial charge < -0.3 is 51.6 Å². The zero-order chi connectivity index (χ0) is 49.9. The molecule has 0 amide bonds. The van der Waals surface area contributed by atoms with Crippen molar-refractivity contribution in [2.24, 2.45) is 10.3 Å². The van der Waals surface area contributed by atoms with Gasteiger partial charge in [-0.15, -0.1) is 11.4 Å². The van der Waals surface area contributed by atoms with Crippen LogP contribution in [-0.4, -0.2) is 42.0 Å². The zero-order valence-corrected chi connectivity index (χ0v) is 46.4. The van der Waals surface area contributed by atoms with Crippen LogP contribution < -0.4 is 51.6 Å². The Bertz CT molecular complexity index is 3280. The predicted octanol–water partition coefficient (Wildman–Crippen LogP) is 7.38. The molecule has 366 valence electrons. The van der Waals surface area contributed by atoms with Crippen LogP contribution in [-0.2, 0) is 98.7 Å². The Kier molecular flexibility index (Phi) is 21.5. The van der Waals surface area contributed by atoms with Gasteiger partial charge in [-0.05, 0) is 135 Å². The topological polar surface area (TPSA) is 294 Å². The van der Waals surface area contributed by atoms with Crippen molar-refractivity contribution in [1.29, 1.82) is 0 Å². The molecule has 2 radical (unpaired) electrons. The first-order valence-corrected chi connectivity index (χ1v) is 23.7.